The summed E-state index contributed by atoms with van der Waals surface area (Å²) in [5, 5.41) is 19.4. The minimum absolute atomic E-state index is 0.212. The second-order valence-electron chi connectivity index (χ2n) is 13.6. The minimum Gasteiger partial charge on any atom is -0.465 e. The van der Waals surface area contributed by atoms with E-state index in [0.717, 1.165) is 83.7 Å². The number of aliphatic hydroxyl groups is 2. The predicted molar refractivity (Wildman–Crippen MR) is 187 cm³/mol. The molecule has 268 valence electrons. The fourth-order valence-electron chi connectivity index (χ4n) is 5.81. The number of rotatable bonds is 34. The Morgan fingerprint density at radius 2 is 0.933 bits per heavy atom. The lowest BCUT2D eigenvalue weighted by molar-refractivity contribution is -0.172. The van der Waals surface area contributed by atoms with Gasteiger partial charge in [-0.25, -0.2) is 0 Å². The van der Waals surface area contributed by atoms with Crippen LogP contribution in [0.5, 0.6) is 0 Å². The lowest BCUT2D eigenvalue weighted by Crippen LogP contribution is -2.39. The van der Waals surface area contributed by atoms with Crippen molar-refractivity contribution in [2.24, 2.45) is 5.41 Å². The molecule has 0 heterocycles. The van der Waals surface area contributed by atoms with Crippen LogP contribution in [0.25, 0.3) is 0 Å². The first-order chi connectivity index (χ1) is 21.8. The number of aliphatic hydroxyl groups excluding tert-OH is 2. The summed E-state index contributed by atoms with van der Waals surface area (Å²) in [5.74, 6) is -0.887. The Morgan fingerprint density at radius 3 is 1.33 bits per heavy atom. The Morgan fingerprint density at radius 1 is 0.578 bits per heavy atom. The fourth-order valence-corrected chi connectivity index (χ4v) is 5.81. The molecule has 0 amide bonds. The Balaban J connectivity index is 4.70. The van der Waals surface area contributed by atoms with Crippen LogP contribution >= 0.6 is 0 Å². The highest BCUT2D eigenvalue weighted by molar-refractivity contribution is 5.99. The van der Waals surface area contributed by atoms with E-state index in [9.17, 15) is 19.8 Å². The van der Waals surface area contributed by atoms with Gasteiger partial charge < -0.3 is 24.6 Å². The van der Waals surface area contributed by atoms with Crippen LogP contribution in [-0.2, 0) is 19.1 Å². The molecule has 2 atom stereocenters. The van der Waals surface area contributed by atoms with Crippen molar-refractivity contribution in [2.75, 3.05) is 39.5 Å². The smallest absolute Gasteiger partial charge is 0.323 e. The molecule has 0 saturated heterocycles. The molecule has 45 heavy (non-hydrogen) atoms. The van der Waals surface area contributed by atoms with Gasteiger partial charge >= 0.3 is 11.9 Å². The van der Waals surface area contributed by atoms with Crippen LogP contribution in [0.3, 0.4) is 0 Å². The van der Waals surface area contributed by atoms with Gasteiger partial charge in [-0.05, 0) is 52.1 Å². The van der Waals surface area contributed by atoms with Gasteiger partial charge in [0.05, 0.1) is 25.9 Å². The van der Waals surface area contributed by atoms with Crippen molar-refractivity contribution in [3.63, 3.8) is 0 Å². The van der Waals surface area contributed by atoms with Crippen molar-refractivity contribution in [2.45, 2.75) is 188 Å². The average molecular weight is 642 g/mol. The highest BCUT2D eigenvalue weighted by atomic mass is 16.6. The fraction of sp³-hybridized carbons (Fsp3) is 0.947. The highest BCUT2D eigenvalue weighted by Crippen LogP contribution is 2.29. The SMILES string of the molecule is CCCCCCCCCCN(CCCCCCC(C)(C(=O)OCCCCCCC)C(=O)OCCCCCCCC)CC(O)CO. The van der Waals surface area contributed by atoms with E-state index < -0.39 is 23.5 Å². The van der Waals surface area contributed by atoms with Gasteiger partial charge in [0.1, 0.15) is 0 Å². The number of carbonyl (C=O) groups is 2. The lowest BCUT2D eigenvalue weighted by Gasteiger charge is -2.26. The molecule has 0 bridgehead atoms. The van der Waals surface area contributed by atoms with E-state index in [1.165, 1.54) is 77.0 Å². The maximum absolute atomic E-state index is 13.2. The third kappa shape index (κ3) is 24.6. The molecular formula is C38H75NO6. The van der Waals surface area contributed by atoms with E-state index in [2.05, 4.69) is 25.7 Å². The summed E-state index contributed by atoms with van der Waals surface area (Å²) >= 11 is 0. The van der Waals surface area contributed by atoms with Gasteiger partial charge in [0.15, 0.2) is 5.41 Å². The first-order valence-corrected chi connectivity index (χ1v) is 19.2. The molecule has 7 nitrogen and oxygen atoms in total. The van der Waals surface area contributed by atoms with Gasteiger partial charge in [-0.15, -0.1) is 0 Å². The number of ether oxygens (including phenoxy) is 2. The Bertz CT molecular complexity index is 675. The summed E-state index contributed by atoms with van der Waals surface area (Å²) in [5.41, 5.74) is -1.26. The first-order valence-electron chi connectivity index (χ1n) is 19.2. The molecule has 0 aliphatic rings. The number of hydrogen-bond acceptors (Lipinski definition) is 7. The summed E-state index contributed by atoms with van der Waals surface area (Å²) in [7, 11) is 0. The largest absolute Gasteiger partial charge is 0.465 e. The standard InChI is InChI=1S/C38H75NO6/c1-5-8-11-14-16-17-19-24-29-39(33-35(41)34-40)30-25-20-18-23-28-38(4,36(42)44-31-26-21-13-10-7-3)37(43)45-32-27-22-15-12-9-6-2/h35,40-41H,5-34H2,1-4H3. The van der Waals surface area contributed by atoms with Gasteiger partial charge in [-0.2, -0.15) is 0 Å². The van der Waals surface area contributed by atoms with E-state index in [4.69, 9.17) is 9.47 Å². The van der Waals surface area contributed by atoms with E-state index >= 15 is 0 Å². The number of carbonyl (C=O) groups excluding carboxylic acids is 2. The maximum atomic E-state index is 13.2. The van der Waals surface area contributed by atoms with Crippen molar-refractivity contribution < 1.29 is 29.3 Å². The molecule has 0 aromatic carbocycles. The molecule has 0 rings (SSSR count). The van der Waals surface area contributed by atoms with Crippen LogP contribution in [0, 0.1) is 5.41 Å². The Labute approximate surface area is 278 Å². The molecule has 2 unspecified atom stereocenters. The molecule has 0 radical (unpaired) electrons. The molecular weight excluding hydrogens is 566 g/mol. The van der Waals surface area contributed by atoms with E-state index in [-0.39, 0.29) is 6.61 Å². The van der Waals surface area contributed by atoms with Crippen molar-refractivity contribution in [3.05, 3.63) is 0 Å². The molecule has 0 aromatic rings. The second-order valence-corrected chi connectivity index (χ2v) is 13.6. The quantitative estimate of drug-likeness (QED) is 0.0411. The molecule has 0 fully saturated rings. The maximum Gasteiger partial charge on any atom is 0.323 e. The van der Waals surface area contributed by atoms with Crippen molar-refractivity contribution >= 4 is 11.9 Å². The zero-order chi connectivity index (χ0) is 33.4. The van der Waals surface area contributed by atoms with Gasteiger partial charge in [-0.1, -0.05) is 143 Å². The molecule has 0 saturated carbocycles. The van der Waals surface area contributed by atoms with Crippen LogP contribution in [0.1, 0.15) is 182 Å². The van der Waals surface area contributed by atoms with Crippen molar-refractivity contribution in [1.29, 1.82) is 0 Å². The van der Waals surface area contributed by atoms with E-state index in [1.54, 1.807) is 6.92 Å². The van der Waals surface area contributed by atoms with Gasteiger partial charge in [-0.3, -0.25) is 9.59 Å². The molecule has 2 N–H and O–H groups in total. The number of esters is 2. The van der Waals surface area contributed by atoms with Gasteiger partial charge in [0.25, 0.3) is 0 Å². The second kappa shape index (κ2) is 31.4. The topological polar surface area (TPSA) is 96.3 Å². The summed E-state index contributed by atoms with van der Waals surface area (Å²) in [4.78, 5) is 28.7. The summed E-state index contributed by atoms with van der Waals surface area (Å²) in [6.45, 7) is 11.2. The third-order valence-electron chi connectivity index (χ3n) is 9.02. The lowest BCUT2D eigenvalue weighted by atomic mass is 9.84. The van der Waals surface area contributed by atoms with Crippen LogP contribution in [0.15, 0.2) is 0 Å². The van der Waals surface area contributed by atoms with Crippen LogP contribution in [0.4, 0.5) is 0 Å². The van der Waals surface area contributed by atoms with E-state index in [1.807, 2.05) is 0 Å². The summed E-state index contributed by atoms with van der Waals surface area (Å²) in [6.07, 6.45) is 25.6. The molecule has 7 heteroatoms. The average Bonchev–Trinajstić information content (AvgIpc) is 3.04. The zero-order valence-corrected chi connectivity index (χ0v) is 30.3. The predicted octanol–water partition coefficient (Wildman–Crippen LogP) is 9.16. The monoisotopic (exact) mass is 642 g/mol. The van der Waals surface area contributed by atoms with Crippen molar-refractivity contribution in [1.82, 2.24) is 4.90 Å². The number of nitrogens with zero attached hydrogens (tertiary/aromatic N) is 1. The van der Waals surface area contributed by atoms with Gasteiger partial charge in [0.2, 0.25) is 0 Å². The number of unbranched alkanes of at least 4 members (excludes halogenated alkanes) is 19. The molecule has 0 aliphatic carbocycles. The summed E-state index contributed by atoms with van der Waals surface area (Å²) in [6, 6.07) is 0. The Kier molecular flexibility index (Phi) is 30.6. The van der Waals surface area contributed by atoms with Crippen molar-refractivity contribution in [3.8, 4) is 0 Å². The number of hydrogen-bond donors (Lipinski definition) is 2. The molecule has 0 aliphatic heterocycles. The normalized spacial score (nSPS) is 13.6. The van der Waals surface area contributed by atoms with Crippen LogP contribution < -0.4 is 0 Å². The van der Waals surface area contributed by atoms with E-state index in [0.29, 0.717) is 26.2 Å². The zero-order valence-electron chi connectivity index (χ0n) is 30.3. The Hall–Kier alpha value is -1.18. The summed E-state index contributed by atoms with van der Waals surface area (Å²) < 4.78 is 11.3. The molecule has 0 spiro atoms. The molecule has 0 aromatic heterocycles. The minimum atomic E-state index is -1.26. The van der Waals surface area contributed by atoms with Crippen LogP contribution in [-0.4, -0.2) is 72.6 Å². The highest BCUT2D eigenvalue weighted by Gasteiger charge is 2.43. The first kappa shape index (κ1) is 43.8. The van der Waals surface area contributed by atoms with Crippen LogP contribution in [0.2, 0.25) is 0 Å². The third-order valence-corrected chi connectivity index (χ3v) is 9.02. The van der Waals surface area contributed by atoms with Gasteiger partial charge in [0, 0.05) is 6.54 Å².